The molecule has 0 aromatic carbocycles. The van der Waals surface area contributed by atoms with E-state index in [4.69, 9.17) is 15.2 Å². The van der Waals surface area contributed by atoms with E-state index in [1.807, 2.05) is 0 Å². The summed E-state index contributed by atoms with van der Waals surface area (Å²) in [5, 5.41) is 64.0. The van der Waals surface area contributed by atoms with Gasteiger partial charge in [-0.15, -0.1) is 12.4 Å². The van der Waals surface area contributed by atoms with Crippen molar-refractivity contribution in [2.45, 2.75) is 75.1 Å². The van der Waals surface area contributed by atoms with Gasteiger partial charge in [0, 0.05) is 26.2 Å². The van der Waals surface area contributed by atoms with Crippen molar-refractivity contribution in [3.8, 4) is 0 Å². The van der Waals surface area contributed by atoms with E-state index in [1.54, 1.807) is 13.8 Å². The van der Waals surface area contributed by atoms with Crippen LogP contribution in [0.5, 0.6) is 0 Å². The predicted octanol–water partition coefficient (Wildman–Crippen LogP) is -4.09. The van der Waals surface area contributed by atoms with E-state index in [-0.39, 0.29) is 19.0 Å². The highest BCUT2D eigenvalue weighted by Gasteiger charge is 2.50. The minimum atomic E-state index is -1.47. The summed E-state index contributed by atoms with van der Waals surface area (Å²) in [5.41, 5.74) is 5.45. The number of nitrogens with zero attached hydrogens (tertiary/aromatic N) is 1. The summed E-state index contributed by atoms with van der Waals surface area (Å²) in [6.07, 6.45) is -12.1. The summed E-state index contributed by atoms with van der Waals surface area (Å²) >= 11 is 0. The molecule has 11 nitrogen and oxygen atoms in total. The molecule has 2 aliphatic rings. The summed E-state index contributed by atoms with van der Waals surface area (Å²) < 4.78 is 11.4. The molecular weight excluding hydrogens is 398 g/mol. The summed E-state index contributed by atoms with van der Waals surface area (Å²) in [5.74, 6) is 0. The first kappa shape index (κ1) is 25.9. The molecular formula is C16H34ClN3O8. The molecule has 0 aliphatic carbocycles. The van der Waals surface area contributed by atoms with Crippen molar-refractivity contribution in [1.82, 2.24) is 10.2 Å². The Morgan fingerprint density at radius 1 is 0.750 bits per heavy atom. The number of ether oxygens (including phenoxy) is 2. The summed E-state index contributed by atoms with van der Waals surface area (Å²) in [6.45, 7) is 4.69. The van der Waals surface area contributed by atoms with Crippen LogP contribution in [0.25, 0.3) is 0 Å². The third kappa shape index (κ3) is 5.50. The molecule has 12 heteroatoms. The van der Waals surface area contributed by atoms with Gasteiger partial charge in [0.05, 0.1) is 12.2 Å². The predicted molar refractivity (Wildman–Crippen MR) is 101 cm³/mol. The van der Waals surface area contributed by atoms with E-state index in [9.17, 15) is 30.6 Å². The van der Waals surface area contributed by atoms with Crippen LogP contribution in [0, 0.1) is 0 Å². The maximum Gasteiger partial charge on any atom is 0.142 e. The first-order valence-corrected chi connectivity index (χ1v) is 9.26. The summed E-state index contributed by atoms with van der Waals surface area (Å²) in [4.78, 5) is 1.47. The van der Waals surface area contributed by atoms with Gasteiger partial charge in [0.1, 0.15) is 49.1 Å². The van der Waals surface area contributed by atoms with Crippen LogP contribution in [0.2, 0.25) is 0 Å². The van der Waals surface area contributed by atoms with E-state index >= 15 is 0 Å². The van der Waals surface area contributed by atoms with Crippen molar-refractivity contribution in [3.05, 3.63) is 0 Å². The van der Waals surface area contributed by atoms with E-state index in [0.717, 1.165) is 0 Å². The van der Waals surface area contributed by atoms with E-state index in [1.165, 1.54) is 4.90 Å². The van der Waals surface area contributed by atoms with Crippen LogP contribution in [0.3, 0.4) is 0 Å². The molecule has 2 unspecified atom stereocenters. The van der Waals surface area contributed by atoms with Gasteiger partial charge >= 0.3 is 0 Å². The molecule has 2 heterocycles. The van der Waals surface area contributed by atoms with Gasteiger partial charge in [-0.25, -0.2) is 4.90 Å². The van der Waals surface area contributed by atoms with Crippen LogP contribution in [0.4, 0.5) is 0 Å². The average molecular weight is 432 g/mol. The zero-order valence-electron chi connectivity index (χ0n) is 16.0. The van der Waals surface area contributed by atoms with E-state index in [0.29, 0.717) is 19.6 Å². The van der Waals surface area contributed by atoms with Crippen LogP contribution in [-0.2, 0) is 9.47 Å². The second-order valence-electron chi connectivity index (χ2n) is 7.18. The number of hydrogen-bond acceptors (Lipinski definition) is 11. The maximum absolute atomic E-state index is 10.4. The maximum atomic E-state index is 10.4. The second kappa shape index (κ2) is 11.3. The highest BCUT2D eigenvalue weighted by atomic mass is 35.5. The topological polar surface area (TPSA) is 181 Å². The number of halogens is 1. The molecule has 2 rings (SSSR count). The van der Waals surface area contributed by atoms with Gasteiger partial charge in [0.15, 0.2) is 0 Å². The van der Waals surface area contributed by atoms with E-state index < -0.39 is 61.3 Å². The number of aliphatic hydroxyl groups is 6. The Hall–Kier alpha value is -0.150. The molecule has 9 N–H and O–H groups in total. The highest BCUT2D eigenvalue weighted by molar-refractivity contribution is 5.85. The summed E-state index contributed by atoms with van der Waals surface area (Å²) in [7, 11) is 0. The lowest BCUT2D eigenvalue weighted by molar-refractivity contribution is -0.315. The minimum Gasteiger partial charge on any atom is -0.388 e. The monoisotopic (exact) mass is 431 g/mol. The largest absolute Gasteiger partial charge is 0.388 e. The van der Waals surface area contributed by atoms with Crippen molar-refractivity contribution in [1.29, 1.82) is 0 Å². The minimum absolute atomic E-state index is 0. The Labute approximate surface area is 170 Å². The standard InChI is InChI=1S/C16H33N3O8.ClH/c1-7-9(20)11(22)13(24)15(26-7)19(6-5-18-4-3-17)16-14(25)12(23)10(21)8(2)27-16;/h7-16,18,20-25H,3-6,17H2,1-2H3;1H/t7-,8-,9+,10+,11+,12+,13-,14-,15?,16?;/m1./s1. The lowest BCUT2D eigenvalue weighted by atomic mass is 9.95. The normalized spacial score (nSPS) is 44.4. The molecule has 0 saturated carbocycles. The lowest BCUT2D eigenvalue weighted by Crippen LogP contribution is -2.69. The number of nitrogens with one attached hydrogen (secondary N) is 1. The van der Waals surface area contributed by atoms with Gasteiger partial charge in [-0.1, -0.05) is 0 Å². The molecule has 0 aromatic heterocycles. The van der Waals surface area contributed by atoms with Gasteiger partial charge in [-0.05, 0) is 13.8 Å². The van der Waals surface area contributed by atoms with Crippen molar-refractivity contribution in [2.75, 3.05) is 26.2 Å². The van der Waals surface area contributed by atoms with Crippen molar-refractivity contribution >= 4 is 12.4 Å². The fourth-order valence-corrected chi connectivity index (χ4v) is 3.44. The Kier molecular flexibility index (Phi) is 10.4. The van der Waals surface area contributed by atoms with Gasteiger partial charge in [-0.3, -0.25) is 0 Å². The Bertz CT molecular complexity index is 434. The Morgan fingerprint density at radius 2 is 1.18 bits per heavy atom. The molecule has 168 valence electrons. The van der Waals surface area contributed by atoms with Crippen LogP contribution >= 0.6 is 12.4 Å². The fourth-order valence-electron chi connectivity index (χ4n) is 3.44. The molecule has 2 aliphatic heterocycles. The SMILES string of the molecule is C[C@H]1OC(N(CCNCCN)C2O[C@H](C)[C@H](O)[C@H](O)[C@H]2O)[C@H](O)[C@@H](O)[C@H]1O.Cl. The fraction of sp³-hybridized carbons (Fsp3) is 1.00. The Balaban J connectivity index is 0.00000392. The summed E-state index contributed by atoms with van der Waals surface area (Å²) in [6, 6.07) is 0. The smallest absolute Gasteiger partial charge is 0.142 e. The molecule has 28 heavy (non-hydrogen) atoms. The number of aliphatic hydroxyl groups excluding tert-OH is 6. The first-order valence-electron chi connectivity index (χ1n) is 9.26. The number of nitrogens with two attached hydrogens (primary N) is 1. The zero-order valence-corrected chi connectivity index (χ0v) is 16.9. The van der Waals surface area contributed by atoms with Gasteiger partial charge in [0.25, 0.3) is 0 Å². The van der Waals surface area contributed by atoms with Crippen molar-refractivity contribution in [3.63, 3.8) is 0 Å². The number of hydrogen-bond donors (Lipinski definition) is 8. The van der Waals surface area contributed by atoms with Crippen molar-refractivity contribution < 1.29 is 40.1 Å². The molecule has 0 amide bonds. The van der Waals surface area contributed by atoms with Gasteiger partial charge in [0.2, 0.25) is 0 Å². The molecule has 2 fully saturated rings. The molecule has 0 spiro atoms. The van der Waals surface area contributed by atoms with E-state index in [2.05, 4.69) is 5.32 Å². The van der Waals surface area contributed by atoms with Crippen LogP contribution in [-0.4, -0.2) is 123 Å². The van der Waals surface area contributed by atoms with Crippen LogP contribution < -0.4 is 11.1 Å². The van der Waals surface area contributed by atoms with Gasteiger partial charge < -0.3 is 51.2 Å². The average Bonchev–Trinajstić information content (AvgIpc) is 2.65. The molecule has 10 atom stereocenters. The molecule has 0 bridgehead atoms. The zero-order chi connectivity index (χ0) is 20.3. The second-order valence-corrected chi connectivity index (χ2v) is 7.18. The van der Waals surface area contributed by atoms with Gasteiger partial charge in [-0.2, -0.15) is 0 Å². The molecule has 2 saturated heterocycles. The van der Waals surface area contributed by atoms with Crippen molar-refractivity contribution in [2.24, 2.45) is 5.73 Å². The quantitative estimate of drug-likeness (QED) is 0.183. The lowest BCUT2D eigenvalue weighted by Gasteiger charge is -2.50. The number of rotatable bonds is 7. The molecule has 0 radical (unpaired) electrons. The molecule has 0 aromatic rings. The Morgan fingerprint density at radius 3 is 1.57 bits per heavy atom. The third-order valence-corrected chi connectivity index (χ3v) is 5.18. The van der Waals surface area contributed by atoms with Crippen LogP contribution in [0.15, 0.2) is 0 Å². The third-order valence-electron chi connectivity index (χ3n) is 5.18. The first-order chi connectivity index (χ1) is 12.7. The highest BCUT2D eigenvalue weighted by Crippen LogP contribution is 2.30. The van der Waals surface area contributed by atoms with Crippen LogP contribution in [0.1, 0.15) is 13.8 Å².